The molecule has 54 heavy (non-hydrogen) atoms. The van der Waals surface area contributed by atoms with Crippen LogP contribution in [0.4, 0.5) is 0 Å². The van der Waals surface area contributed by atoms with Crippen molar-refractivity contribution in [2.24, 2.45) is 0 Å². The molecule has 0 aliphatic heterocycles. The van der Waals surface area contributed by atoms with Crippen LogP contribution in [-0.2, 0) is 6.42 Å². The molecule has 0 unspecified atom stereocenters. The summed E-state index contributed by atoms with van der Waals surface area (Å²) < 4.78 is 2.29. The molecule has 1 aliphatic carbocycles. The second kappa shape index (κ2) is 13.0. The van der Waals surface area contributed by atoms with Gasteiger partial charge < -0.3 is 0 Å². The van der Waals surface area contributed by atoms with Gasteiger partial charge in [0.15, 0.2) is 0 Å². The van der Waals surface area contributed by atoms with Crippen molar-refractivity contribution in [3.8, 4) is 61.6 Å². The highest BCUT2D eigenvalue weighted by Gasteiger charge is 2.34. The third-order valence-electron chi connectivity index (χ3n) is 11.1. The number of fused-ring (bicyclic) bond motifs is 5. The maximum Gasteiger partial charge on any atom is 0.145 e. The van der Waals surface area contributed by atoms with E-state index in [0.29, 0.717) is 0 Å². The van der Waals surface area contributed by atoms with Crippen molar-refractivity contribution in [2.75, 3.05) is 0 Å². The summed E-state index contributed by atoms with van der Waals surface area (Å²) in [5, 5.41) is 2.56. The molecule has 0 N–H and O–H groups in total. The van der Waals surface area contributed by atoms with E-state index < -0.39 is 0 Å². The summed E-state index contributed by atoms with van der Waals surface area (Å²) in [5.74, 6) is 0.947. The fourth-order valence-corrected chi connectivity index (χ4v) is 8.86. The first kappa shape index (κ1) is 31.9. The Kier molecular flexibility index (Phi) is 7.70. The van der Waals surface area contributed by atoms with Crippen molar-refractivity contribution >= 4 is 27.4 Å². The van der Waals surface area contributed by atoms with Gasteiger partial charge in [-0.05, 0) is 115 Å². The Morgan fingerprint density at radius 2 is 1.00 bits per heavy atom. The molecule has 0 saturated carbocycles. The lowest BCUT2D eigenvalue weighted by atomic mass is 9.83. The topological polar surface area (TPSA) is 17.8 Å². The summed E-state index contributed by atoms with van der Waals surface area (Å²) >= 11 is 0. The Balaban J connectivity index is 1.19. The number of rotatable bonds is 6. The van der Waals surface area contributed by atoms with Gasteiger partial charge in [0, 0.05) is 11.3 Å². The van der Waals surface area contributed by atoms with Crippen LogP contribution in [0.25, 0.3) is 89.0 Å². The number of hydrogen-bond acceptors (Lipinski definition) is 1. The van der Waals surface area contributed by atoms with Crippen LogP contribution in [0.1, 0.15) is 30.5 Å². The molecule has 0 radical (unpaired) electrons. The molecule has 1 aromatic heterocycles. The summed E-state index contributed by atoms with van der Waals surface area (Å²) in [4.78, 5) is 5.08. The molecule has 0 atom stereocenters. The van der Waals surface area contributed by atoms with Gasteiger partial charge in [-0.3, -0.25) is 4.57 Å². The second-order valence-electron chi connectivity index (χ2n) is 14.0. The van der Waals surface area contributed by atoms with E-state index in [-0.39, 0.29) is 0 Å². The Labute approximate surface area is 316 Å². The molecule has 10 rings (SSSR count). The molecule has 0 fully saturated rings. The monoisotopic (exact) mass is 690 g/mol. The maximum atomic E-state index is 5.08. The first-order valence-corrected chi connectivity index (χ1v) is 18.9. The van der Waals surface area contributed by atoms with E-state index >= 15 is 0 Å². The Hall–Kier alpha value is -6.77. The SMILES string of the molecule is C/C=C1\c2c(ccc(-c3ccc(-n4c(-c5ccccc5)nc5ccccc54)cc3)c2CC)-c2c1c(-c1ccccc1)c1ccccc1c2-c1ccccc1. The van der Waals surface area contributed by atoms with E-state index in [1.165, 1.54) is 77.5 Å². The van der Waals surface area contributed by atoms with Gasteiger partial charge in [-0.25, -0.2) is 4.98 Å². The van der Waals surface area contributed by atoms with Crippen molar-refractivity contribution in [3.63, 3.8) is 0 Å². The molecule has 256 valence electrons. The summed E-state index contributed by atoms with van der Waals surface area (Å²) in [6.45, 7) is 4.52. The minimum atomic E-state index is 0.913. The van der Waals surface area contributed by atoms with Crippen LogP contribution < -0.4 is 0 Å². The van der Waals surface area contributed by atoms with Gasteiger partial charge in [0.05, 0.1) is 11.0 Å². The van der Waals surface area contributed by atoms with Gasteiger partial charge in [-0.15, -0.1) is 0 Å². The zero-order valence-electron chi connectivity index (χ0n) is 30.4. The van der Waals surface area contributed by atoms with Crippen LogP contribution in [-0.4, -0.2) is 9.55 Å². The number of benzene rings is 8. The lowest BCUT2D eigenvalue weighted by Gasteiger charge is -2.20. The highest BCUT2D eigenvalue weighted by atomic mass is 15.1. The molecule has 0 bridgehead atoms. The van der Waals surface area contributed by atoms with Crippen LogP contribution in [0, 0.1) is 0 Å². The van der Waals surface area contributed by atoms with Gasteiger partial charge in [0.25, 0.3) is 0 Å². The highest BCUT2D eigenvalue weighted by Crippen LogP contribution is 2.57. The van der Waals surface area contributed by atoms with Gasteiger partial charge in [0.1, 0.15) is 5.82 Å². The van der Waals surface area contributed by atoms with E-state index in [1.54, 1.807) is 0 Å². The second-order valence-corrected chi connectivity index (χ2v) is 14.0. The molecule has 8 aromatic carbocycles. The first-order valence-electron chi connectivity index (χ1n) is 18.9. The van der Waals surface area contributed by atoms with E-state index in [2.05, 4.69) is 200 Å². The molecular formula is C52H38N2. The summed E-state index contributed by atoms with van der Waals surface area (Å²) in [5.41, 5.74) is 19.9. The Morgan fingerprint density at radius 1 is 0.463 bits per heavy atom. The van der Waals surface area contributed by atoms with E-state index in [1.807, 2.05) is 0 Å². The third-order valence-corrected chi connectivity index (χ3v) is 11.1. The average molecular weight is 691 g/mol. The van der Waals surface area contributed by atoms with Gasteiger partial charge in [-0.1, -0.05) is 165 Å². The normalized spacial score (nSPS) is 12.7. The lowest BCUT2D eigenvalue weighted by Crippen LogP contribution is -1.99. The summed E-state index contributed by atoms with van der Waals surface area (Å²) in [6.07, 6.45) is 3.26. The minimum absolute atomic E-state index is 0.913. The molecule has 0 saturated heterocycles. The van der Waals surface area contributed by atoms with Crippen LogP contribution in [0.3, 0.4) is 0 Å². The molecule has 1 aliphatic rings. The van der Waals surface area contributed by atoms with Crippen LogP contribution in [0.15, 0.2) is 182 Å². The number of allylic oxidation sites excluding steroid dienone is 1. The minimum Gasteiger partial charge on any atom is -0.292 e. The molecule has 1 heterocycles. The average Bonchev–Trinajstić information content (AvgIpc) is 3.80. The smallest absolute Gasteiger partial charge is 0.145 e. The van der Waals surface area contributed by atoms with Crippen molar-refractivity contribution in [3.05, 3.63) is 199 Å². The zero-order valence-corrected chi connectivity index (χ0v) is 30.4. The van der Waals surface area contributed by atoms with Gasteiger partial charge >= 0.3 is 0 Å². The molecule has 0 amide bonds. The third kappa shape index (κ3) is 4.91. The summed E-state index contributed by atoms with van der Waals surface area (Å²) in [6, 6.07) is 63.6. The number of para-hydroxylation sites is 2. The van der Waals surface area contributed by atoms with Crippen molar-refractivity contribution in [1.29, 1.82) is 0 Å². The maximum absolute atomic E-state index is 5.08. The van der Waals surface area contributed by atoms with E-state index in [0.717, 1.165) is 34.5 Å². The predicted octanol–water partition coefficient (Wildman–Crippen LogP) is 13.8. The first-order chi connectivity index (χ1) is 26.7. The van der Waals surface area contributed by atoms with Crippen molar-refractivity contribution in [1.82, 2.24) is 9.55 Å². The molecule has 9 aromatic rings. The molecular weight excluding hydrogens is 653 g/mol. The molecule has 2 heteroatoms. The summed E-state index contributed by atoms with van der Waals surface area (Å²) in [7, 11) is 0. The van der Waals surface area contributed by atoms with E-state index in [4.69, 9.17) is 4.98 Å². The highest BCUT2D eigenvalue weighted by molar-refractivity contribution is 6.21. The molecule has 2 nitrogen and oxygen atoms in total. The Morgan fingerprint density at radius 3 is 1.61 bits per heavy atom. The fourth-order valence-electron chi connectivity index (χ4n) is 8.86. The lowest BCUT2D eigenvalue weighted by molar-refractivity contribution is 1.10. The van der Waals surface area contributed by atoms with Crippen molar-refractivity contribution in [2.45, 2.75) is 20.3 Å². The number of aromatic nitrogens is 2. The largest absolute Gasteiger partial charge is 0.292 e. The number of nitrogens with zero attached hydrogens (tertiary/aromatic N) is 2. The van der Waals surface area contributed by atoms with Crippen LogP contribution in [0.2, 0.25) is 0 Å². The quantitative estimate of drug-likeness (QED) is 0.170. The van der Waals surface area contributed by atoms with Crippen LogP contribution in [0.5, 0.6) is 0 Å². The molecule has 0 spiro atoms. The fraction of sp³-hybridized carbons (Fsp3) is 0.0577. The van der Waals surface area contributed by atoms with Crippen molar-refractivity contribution < 1.29 is 0 Å². The Bertz CT molecular complexity index is 2880. The zero-order chi connectivity index (χ0) is 36.2. The standard InChI is InChI=1S/C52H38N2/c1-3-39-41(34-28-30-38(31-29-34)54-46-27-17-16-26-45(46)53-52(54)37-22-12-7-13-23-37)32-33-44-49(39)40(4-2)50-47(35-18-8-5-9-19-35)42-24-14-15-25-43(42)48(51(44)50)36-20-10-6-11-21-36/h4-33H,3H2,1-2H3/b40-4+. The number of imidazole rings is 1. The van der Waals surface area contributed by atoms with Gasteiger partial charge in [0.2, 0.25) is 0 Å². The predicted molar refractivity (Wildman–Crippen MR) is 228 cm³/mol. The number of hydrogen-bond donors (Lipinski definition) is 0. The van der Waals surface area contributed by atoms with Gasteiger partial charge in [-0.2, -0.15) is 0 Å². The van der Waals surface area contributed by atoms with E-state index in [9.17, 15) is 0 Å². The van der Waals surface area contributed by atoms with Crippen LogP contribution >= 0.6 is 0 Å².